The number of hydrogen-bond acceptors (Lipinski definition) is 5. The number of carbonyl (C=O) groups is 2. The van der Waals surface area contributed by atoms with Crippen molar-refractivity contribution in [3.63, 3.8) is 0 Å². The predicted molar refractivity (Wildman–Crippen MR) is 104 cm³/mol. The molecule has 28 heavy (non-hydrogen) atoms. The molecule has 1 atom stereocenters. The molecule has 0 bridgehead atoms. The minimum absolute atomic E-state index is 0.0259. The van der Waals surface area contributed by atoms with Crippen LogP contribution >= 0.6 is 11.6 Å². The number of halogens is 1. The quantitative estimate of drug-likeness (QED) is 0.519. The maximum absolute atomic E-state index is 12.7. The highest BCUT2D eigenvalue weighted by molar-refractivity contribution is 6.32. The van der Waals surface area contributed by atoms with Gasteiger partial charge in [-0.15, -0.1) is 0 Å². The van der Waals surface area contributed by atoms with Gasteiger partial charge in [0.2, 0.25) is 5.78 Å². The van der Waals surface area contributed by atoms with Crippen molar-refractivity contribution in [3.05, 3.63) is 58.7 Å². The summed E-state index contributed by atoms with van der Waals surface area (Å²) in [6, 6.07) is 10.8. The summed E-state index contributed by atoms with van der Waals surface area (Å²) in [7, 11) is 0. The van der Waals surface area contributed by atoms with Gasteiger partial charge in [-0.3, -0.25) is 9.59 Å². The molecule has 2 aromatic carbocycles. The van der Waals surface area contributed by atoms with Gasteiger partial charge in [-0.25, -0.2) is 0 Å². The minimum atomic E-state index is -0.903. The molecular weight excluding hydrogens is 382 g/mol. The summed E-state index contributed by atoms with van der Waals surface area (Å²) in [4.78, 5) is 28.1. The normalized spacial score (nSPS) is 13.9. The van der Waals surface area contributed by atoms with Gasteiger partial charge in [-0.1, -0.05) is 29.8 Å². The molecule has 0 saturated heterocycles. The molecule has 0 unspecified atom stereocenters. The summed E-state index contributed by atoms with van der Waals surface area (Å²) in [5, 5.41) is 1.18. The minimum Gasteiger partial charge on any atom is -0.486 e. The van der Waals surface area contributed by atoms with Gasteiger partial charge in [-0.2, -0.15) is 0 Å². The van der Waals surface area contributed by atoms with E-state index >= 15 is 0 Å². The number of hydrogen-bond donors (Lipinski definition) is 1. The van der Waals surface area contributed by atoms with Crippen LogP contribution in [0.5, 0.6) is 11.5 Å². The molecule has 0 saturated carbocycles. The molecule has 4 rings (SSSR count). The first-order valence-corrected chi connectivity index (χ1v) is 9.28. The number of para-hydroxylation sites is 1. The van der Waals surface area contributed by atoms with Gasteiger partial charge in [0, 0.05) is 22.7 Å². The largest absolute Gasteiger partial charge is 0.486 e. The van der Waals surface area contributed by atoms with E-state index in [4.69, 9.17) is 25.8 Å². The number of fused-ring (bicyclic) bond motifs is 2. The second-order valence-corrected chi connectivity index (χ2v) is 6.93. The average Bonchev–Trinajstić information content (AvgIpc) is 3.11. The van der Waals surface area contributed by atoms with E-state index in [1.54, 1.807) is 25.3 Å². The Morgan fingerprint density at radius 1 is 1.21 bits per heavy atom. The average molecular weight is 400 g/mol. The van der Waals surface area contributed by atoms with Crippen molar-refractivity contribution in [3.8, 4) is 11.5 Å². The van der Waals surface area contributed by atoms with E-state index in [-0.39, 0.29) is 12.2 Å². The van der Waals surface area contributed by atoms with Crippen molar-refractivity contribution in [1.29, 1.82) is 0 Å². The first kappa shape index (κ1) is 18.4. The van der Waals surface area contributed by atoms with Crippen LogP contribution in [0.4, 0.5) is 0 Å². The maximum Gasteiger partial charge on any atom is 0.310 e. The van der Waals surface area contributed by atoms with Crippen LogP contribution in [0.1, 0.15) is 22.8 Å². The maximum atomic E-state index is 12.7. The smallest absolute Gasteiger partial charge is 0.310 e. The summed E-state index contributed by atoms with van der Waals surface area (Å²) >= 11 is 6.20. The summed E-state index contributed by atoms with van der Waals surface area (Å²) in [6.07, 6.45) is 0.708. The van der Waals surface area contributed by atoms with Gasteiger partial charge in [0.05, 0.1) is 11.4 Å². The highest BCUT2D eigenvalue weighted by atomic mass is 35.5. The van der Waals surface area contributed by atoms with Gasteiger partial charge in [-0.05, 0) is 30.7 Å². The molecule has 1 aliphatic rings. The highest BCUT2D eigenvalue weighted by Gasteiger charge is 2.23. The number of nitrogens with one attached hydrogen (secondary N) is 1. The molecule has 3 aromatic rings. The molecular formula is C21H18ClNO5. The lowest BCUT2D eigenvalue weighted by Gasteiger charge is -2.20. The van der Waals surface area contributed by atoms with Crippen molar-refractivity contribution in [2.45, 2.75) is 19.4 Å². The Bertz CT molecular complexity index is 1060. The molecule has 1 N–H and O–H groups in total. The molecule has 6 nitrogen and oxygen atoms in total. The number of Topliss-reactive ketones (excluding diaryl/α,β-unsaturated/α-hetero) is 1. The van der Waals surface area contributed by atoms with Gasteiger partial charge in [0.1, 0.15) is 13.2 Å². The van der Waals surface area contributed by atoms with E-state index < -0.39 is 12.1 Å². The number of rotatable bonds is 5. The first-order chi connectivity index (χ1) is 13.5. The van der Waals surface area contributed by atoms with Crippen molar-refractivity contribution < 1.29 is 23.8 Å². The Balaban J connectivity index is 1.45. The number of carbonyl (C=O) groups excluding carboxylic acids is 2. The van der Waals surface area contributed by atoms with Crippen molar-refractivity contribution in [2.75, 3.05) is 13.2 Å². The molecule has 1 aliphatic heterocycles. The van der Waals surface area contributed by atoms with E-state index in [0.717, 1.165) is 10.9 Å². The molecule has 0 radical (unpaired) electrons. The van der Waals surface area contributed by atoms with E-state index in [0.29, 0.717) is 40.9 Å². The van der Waals surface area contributed by atoms with Crippen LogP contribution in [-0.2, 0) is 16.0 Å². The summed E-state index contributed by atoms with van der Waals surface area (Å²) < 4.78 is 16.3. The molecule has 0 fully saturated rings. The third kappa shape index (κ3) is 3.55. The second-order valence-electron chi connectivity index (χ2n) is 6.52. The number of benzene rings is 2. The highest BCUT2D eigenvalue weighted by Crippen LogP contribution is 2.38. The molecule has 1 aromatic heterocycles. The molecule has 0 aliphatic carbocycles. The lowest BCUT2D eigenvalue weighted by molar-refractivity contribution is -0.145. The third-order valence-electron chi connectivity index (χ3n) is 4.54. The predicted octanol–water partition coefficient (Wildman–Crippen LogP) is 3.95. The van der Waals surface area contributed by atoms with Crippen LogP contribution in [0.15, 0.2) is 42.6 Å². The molecule has 144 valence electrons. The van der Waals surface area contributed by atoms with Crippen LogP contribution in [0.2, 0.25) is 5.02 Å². The van der Waals surface area contributed by atoms with Gasteiger partial charge >= 0.3 is 5.97 Å². The van der Waals surface area contributed by atoms with Crippen molar-refractivity contribution in [1.82, 2.24) is 4.98 Å². The lowest BCUT2D eigenvalue weighted by Crippen LogP contribution is -2.25. The number of esters is 1. The van der Waals surface area contributed by atoms with E-state index in [2.05, 4.69) is 4.98 Å². The second kappa shape index (κ2) is 7.56. The summed E-state index contributed by atoms with van der Waals surface area (Å²) in [5.41, 5.74) is 1.99. The number of aromatic amines is 1. The fraction of sp³-hybridized carbons (Fsp3) is 0.238. The summed E-state index contributed by atoms with van der Waals surface area (Å²) in [5.74, 6) is 0.205. The first-order valence-electron chi connectivity index (χ1n) is 8.91. The summed E-state index contributed by atoms with van der Waals surface area (Å²) in [6.45, 7) is 2.42. The van der Waals surface area contributed by atoms with Crippen LogP contribution in [0.3, 0.4) is 0 Å². The van der Waals surface area contributed by atoms with Gasteiger partial charge in [0.15, 0.2) is 17.6 Å². The molecule has 0 spiro atoms. The van der Waals surface area contributed by atoms with Crippen LogP contribution in [0, 0.1) is 0 Å². The van der Waals surface area contributed by atoms with Crippen molar-refractivity contribution >= 4 is 34.3 Å². The Morgan fingerprint density at radius 2 is 2.00 bits per heavy atom. The van der Waals surface area contributed by atoms with E-state index in [9.17, 15) is 9.59 Å². The van der Waals surface area contributed by atoms with Gasteiger partial charge in [0.25, 0.3) is 0 Å². The zero-order valence-corrected chi connectivity index (χ0v) is 15.9. The number of H-pyrrole nitrogens is 1. The van der Waals surface area contributed by atoms with Crippen LogP contribution < -0.4 is 9.47 Å². The zero-order valence-electron chi connectivity index (χ0n) is 15.2. The van der Waals surface area contributed by atoms with Crippen LogP contribution in [-0.4, -0.2) is 36.1 Å². The fourth-order valence-electron chi connectivity index (χ4n) is 3.22. The molecule has 7 heteroatoms. The van der Waals surface area contributed by atoms with Gasteiger partial charge < -0.3 is 19.2 Å². The Morgan fingerprint density at radius 3 is 2.86 bits per heavy atom. The molecule has 2 heterocycles. The Labute approximate surface area is 166 Å². The monoisotopic (exact) mass is 399 g/mol. The number of ether oxygens (including phenoxy) is 3. The number of aromatic nitrogens is 1. The van der Waals surface area contributed by atoms with Crippen molar-refractivity contribution in [2.24, 2.45) is 0 Å². The Hall–Kier alpha value is -2.99. The zero-order chi connectivity index (χ0) is 19.7. The topological polar surface area (TPSA) is 77.6 Å². The Kier molecular flexibility index (Phi) is 4.96. The lowest BCUT2D eigenvalue weighted by atomic mass is 10.1. The standard InChI is InChI=1S/C21H18ClNO5/c1-12(20(25)15-11-23-17-5-3-2-4-14(15)17)28-19(24)10-13-8-16(22)21-18(9-13)26-6-7-27-21/h2-5,8-9,11-12,23H,6-7,10H2,1H3/t12-/m1/s1. The van der Waals surface area contributed by atoms with E-state index in [1.807, 2.05) is 24.3 Å². The molecule has 0 amide bonds. The third-order valence-corrected chi connectivity index (χ3v) is 4.82. The van der Waals surface area contributed by atoms with Crippen LogP contribution in [0.25, 0.3) is 10.9 Å². The number of ketones is 1. The van der Waals surface area contributed by atoms with E-state index in [1.165, 1.54) is 0 Å². The SMILES string of the molecule is C[C@@H](OC(=O)Cc1cc(Cl)c2c(c1)OCCO2)C(=O)c1c[nH]c2ccccc12. The fourth-order valence-corrected chi connectivity index (χ4v) is 3.51.